The van der Waals surface area contributed by atoms with E-state index >= 15 is 0 Å². The molecule has 100 valence electrons. The van der Waals surface area contributed by atoms with E-state index in [1.54, 1.807) is 10.9 Å². The van der Waals surface area contributed by atoms with E-state index < -0.39 is 0 Å². The molecule has 1 aliphatic rings. The number of aromatic nitrogens is 3. The van der Waals surface area contributed by atoms with Crippen molar-refractivity contribution in [3.05, 3.63) is 42.2 Å². The number of nitrogens with two attached hydrogens (primary N) is 1. The minimum Gasteiger partial charge on any atom is -0.373 e. The van der Waals surface area contributed by atoms with Crippen molar-refractivity contribution >= 4 is 0 Å². The summed E-state index contributed by atoms with van der Waals surface area (Å²) in [4.78, 5) is 0. The van der Waals surface area contributed by atoms with Gasteiger partial charge in [0, 0.05) is 6.61 Å². The summed E-state index contributed by atoms with van der Waals surface area (Å²) in [6.07, 6.45) is 3.75. The van der Waals surface area contributed by atoms with Crippen LogP contribution in [-0.2, 0) is 4.74 Å². The summed E-state index contributed by atoms with van der Waals surface area (Å²) in [6.45, 7) is 2.84. The predicted molar refractivity (Wildman–Crippen MR) is 71.9 cm³/mol. The van der Waals surface area contributed by atoms with Crippen molar-refractivity contribution < 1.29 is 4.74 Å². The van der Waals surface area contributed by atoms with Gasteiger partial charge in [0.1, 0.15) is 0 Å². The molecule has 3 rings (SSSR count). The summed E-state index contributed by atoms with van der Waals surface area (Å²) >= 11 is 0. The van der Waals surface area contributed by atoms with Crippen molar-refractivity contribution in [2.75, 3.05) is 6.61 Å². The van der Waals surface area contributed by atoms with Gasteiger partial charge in [0.25, 0.3) is 0 Å². The minimum absolute atomic E-state index is 0.231. The fraction of sp³-hybridized carbons (Fsp3) is 0.429. The van der Waals surface area contributed by atoms with Crippen molar-refractivity contribution in [3.63, 3.8) is 0 Å². The first-order chi connectivity index (χ1) is 9.21. The Hall–Kier alpha value is -1.72. The third-order valence-corrected chi connectivity index (χ3v) is 3.80. The zero-order chi connectivity index (χ0) is 13.3. The number of para-hydroxylation sites is 1. The zero-order valence-corrected chi connectivity index (χ0v) is 11.0. The highest BCUT2D eigenvalue weighted by Gasteiger charge is 2.39. The normalized spacial score (nSPS) is 24.5. The number of rotatable bonds is 3. The Balaban J connectivity index is 1.96. The molecule has 1 aliphatic heterocycles. The summed E-state index contributed by atoms with van der Waals surface area (Å²) in [5, 5.41) is 8.14. The van der Waals surface area contributed by atoms with Gasteiger partial charge in [-0.1, -0.05) is 23.4 Å². The van der Waals surface area contributed by atoms with Crippen LogP contribution in [-0.4, -0.2) is 27.2 Å². The van der Waals surface area contributed by atoms with E-state index in [-0.39, 0.29) is 11.6 Å². The van der Waals surface area contributed by atoms with Crippen LogP contribution in [0.15, 0.2) is 36.5 Å². The first-order valence-electron chi connectivity index (χ1n) is 6.56. The highest BCUT2D eigenvalue weighted by molar-refractivity contribution is 5.32. The van der Waals surface area contributed by atoms with Crippen LogP contribution in [0.3, 0.4) is 0 Å². The van der Waals surface area contributed by atoms with Crippen molar-refractivity contribution in [2.45, 2.75) is 31.4 Å². The van der Waals surface area contributed by atoms with Gasteiger partial charge in [0.05, 0.1) is 29.2 Å². The molecule has 1 saturated heterocycles. The second-order valence-corrected chi connectivity index (χ2v) is 5.15. The first kappa shape index (κ1) is 12.3. The number of hydrogen-bond acceptors (Lipinski definition) is 4. The Labute approximate surface area is 112 Å². The Morgan fingerprint density at radius 1 is 1.37 bits per heavy atom. The lowest BCUT2D eigenvalue weighted by Crippen LogP contribution is -2.38. The average molecular weight is 258 g/mol. The predicted octanol–water partition coefficient (Wildman–Crippen LogP) is 1.84. The summed E-state index contributed by atoms with van der Waals surface area (Å²) < 4.78 is 7.61. The van der Waals surface area contributed by atoms with Gasteiger partial charge in [0.2, 0.25) is 0 Å². The monoisotopic (exact) mass is 258 g/mol. The summed E-state index contributed by atoms with van der Waals surface area (Å²) in [5.74, 6) is 0. The first-order valence-corrected chi connectivity index (χ1v) is 6.56. The highest BCUT2D eigenvalue weighted by Crippen LogP contribution is 2.35. The Bertz CT molecular complexity index is 546. The third-order valence-electron chi connectivity index (χ3n) is 3.80. The molecule has 0 saturated carbocycles. The van der Waals surface area contributed by atoms with E-state index in [0.717, 1.165) is 30.8 Å². The topological polar surface area (TPSA) is 66.0 Å². The smallest absolute Gasteiger partial charge is 0.0863 e. The largest absolute Gasteiger partial charge is 0.373 e. The van der Waals surface area contributed by atoms with E-state index in [1.165, 1.54) is 0 Å². The van der Waals surface area contributed by atoms with Gasteiger partial charge in [0.15, 0.2) is 0 Å². The molecular weight excluding hydrogens is 240 g/mol. The molecule has 0 bridgehead atoms. The maximum atomic E-state index is 6.39. The molecule has 1 aromatic heterocycles. The SMILES string of the molecule is CC1(C(N)c2cnnn2-c2ccccc2)CCCO1. The molecule has 2 heterocycles. The van der Waals surface area contributed by atoms with E-state index in [0.29, 0.717) is 0 Å². The molecule has 19 heavy (non-hydrogen) atoms. The van der Waals surface area contributed by atoms with Gasteiger partial charge in [-0.05, 0) is 31.9 Å². The summed E-state index contributed by atoms with van der Waals surface area (Å²) in [6, 6.07) is 9.66. The van der Waals surface area contributed by atoms with Crippen LogP contribution in [0.5, 0.6) is 0 Å². The molecule has 2 unspecified atom stereocenters. The molecule has 2 aromatic rings. The molecule has 0 radical (unpaired) electrons. The average Bonchev–Trinajstić information content (AvgIpc) is 3.08. The Morgan fingerprint density at radius 3 is 2.84 bits per heavy atom. The quantitative estimate of drug-likeness (QED) is 0.912. The molecule has 2 atom stereocenters. The summed E-state index contributed by atoms with van der Waals surface area (Å²) in [5.41, 5.74) is 7.92. The van der Waals surface area contributed by atoms with Crippen LogP contribution in [0.2, 0.25) is 0 Å². The summed E-state index contributed by atoms with van der Waals surface area (Å²) in [7, 11) is 0. The molecule has 2 N–H and O–H groups in total. The van der Waals surface area contributed by atoms with Crippen LogP contribution in [0.1, 0.15) is 31.5 Å². The van der Waals surface area contributed by atoms with Gasteiger partial charge < -0.3 is 10.5 Å². The van der Waals surface area contributed by atoms with Crippen LogP contribution in [0.4, 0.5) is 0 Å². The second kappa shape index (κ2) is 4.75. The van der Waals surface area contributed by atoms with Gasteiger partial charge in [-0.15, -0.1) is 5.10 Å². The molecule has 5 nitrogen and oxygen atoms in total. The zero-order valence-electron chi connectivity index (χ0n) is 11.0. The molecule has 1 aromatic carbocycles. The lowest BCUT2D eigenvalue weighted by atomic mass is 9.91. The van der Waals surface area contributed by atoms with Crippen LogP contribution < -0.4 is 5.73 Å². The van der Waals surface area contributed by atoms with E-state index in [9.17, 15) is 0 Å². The maximum Gasteiger partial charge on any atom is 0.0863 e. The van der Waals surface area contributed by atoms with Gasteiger partial charge in [-0.25, -0.2) is 4.68 Å². The van der Waals surface area contributed by atoms with Crippen LogP contribution in [0, 0.1) is 0 Å². The van der Waals surface area contributed by atoms with Gasteiger partial charge >= 0.3 is 0 Å². The number of benzene rings is 1. The van der Waals surface area contributed by atoms with E-state index in [4.69, 9.17) is 10.5 Å². The number of ether oxygens (including phenoxy) is 1. The molecular formula is C14H18N4O. The molecule has 5 heteroatoms. The van der Waals surface area contributed by atoms with Crippen molar-refractivity contribution in [1.29, 1.82) is 0 Å². The Morgan fingerprint density at radius 2 is 2.16 bits per heavy atom. The maximum absolute atomic E-state index is 6.39. The standard InChI is InChI=1S/C14H18N4O/c1-14(8-5-9-19-14)13(15)12-10-16-17-18(12)11-6-3-2-4-7-11/h2-4,6-7,10,13H,5,8-9,15H2,1H3. The van der Waals surface area contributed by atoms with E-state index in [2.05, 4.69) is 17.2 Å². The molecule has 0 amide bonds. The van der Waals surface area contributed by atoms with Crippen LogP contribution in [0.25, 0.3) is 5.69 Å². The number of nitrogens with zero attached hydrogens (tertiary/aromatic N) is 3. The molecule has 0 aliphatic carbocycles. The Kier molecular flexibility index (Phi) is 3.08. The fourth-order valence-corrected chi connectivity index (χ4v) is 2.58. The van der Waals surface area contributed by atoms with Crippen molar-refractivity contribution in [1.82, 2.24) is 15.0 Å². The lowest BCUT2D eigenvalue weighted by Gasteiger charge is -2.30. The van der Waals surface area contributed by atoms with Gasteiger partial charge in [-0.3, -0.25) is 0 Å². The fourth-order valence-electron chi connectivity index (χ4n) is 2.58. The van der Waals surface area contributed by atoms with Crippen molar-refractivity contribution in [3.8, 4) is 5.69 Å². The number of hydrogen-bond donors (Lipinski definition) is 1. The minimum atomic E-state index is -0.325. The third kappa shape index (κ3) is 2.15. The van der Waals surface area contributed by atoms with Crippen LogP contribution >= 0.6 is 0 Å². The molecule has 1 fully saturated rings. The van der Waals surface area contributed by atoms with Crippen molar-refractivity contribution in [2.24, 2.45) is 5.73 Å². The highest BCUT2D eigenvalue weighted by atomic mass is 16.5. The molecule has 0 spiro atoms. The van der Waals surface area contributed by atoms with E-state index in [1.807, 2.05) is 30.3 Å². The second-order valence-electron chi connectivity index (χ2n) is 5.15. The van der Waals surface area contributed by atoms with Gasteiger partial charge in [-0.2, -0.15) is 0 Å². The lowest BCUT2D eigenvalue weighted by molar-refractivity contribution is -0.00332.